The van der Waals surface area contributed by atoms with Gasteiger partial charge in [0.2, 0.25) is 0 Å². The van der Waals surface area contributed by atoms with Gasteiger partial charge in [-0.1, -0.05) is 17.2 Å². The van der Waals surface area contributed by atoms with Crippen LogP contribution in [0.1, 0.15) is 11.3 Å². The molecule has 3 rings (SSSR count). The second-order valence-electron chi connectivity index (χ2n) is 6.20. The maximum Gasteiger partial charge on any atom is 0.345 e. The highest BCUT2D eigenvalue weighted by molar-refractivity contribution is 5.90. The maximum absolute atomic E-state index is 12.2. The molecule has 0 bridgehead atoms. The van der Waals surface area contributed by atoms with Crippen LogP contribution in [0.5, 0.6) is 0 Å². The Kier molecular flexibility index (Phi) is 5.59. The molecule has 0 unspecified atom stereocenters. The number of carbonyl (C=O) groups excluding carboxylic acids is 1. The highest BCUT2D eigenvalue weighted by Gasteiger charge is 2.19. The molecule has 0 radical (unpaired) electrons. The van der Waals surface area contributed by atoms with Crippen LogP contribution >= 0.6 is 0 Å². The second kappa shape index (κ2) is 8.07. The molecule has 0 saturated carbocycles. The molecule has 0 atom stereocenters. The van der Waals surface area contributed by atoms with Crippen LogP contribution < -0.4 is 5.32 Å². The molecule has 1 fully saturated rings. The molecule has 1 N–H and O–H groups in total. The van der Waals surface area contributed by atoms with Crippen molar-refractivity contribution in [2.45, 2.75) is 20.0 Å². The lowest BCUT2D eigenvalue weighted by molar-refractivity contribution is -0.392. The fourth-order valence-electron chi connectivity index (χ4n) is 2.90. The van der Waals surface area contributed by atoms with Gasteiger partial charge in [0.05, 0.1) is 25.0 Å². The summed E-state index contributed by atoms with van der Waals surface area (Å²) in [6.45, 7) is 5.47. The Morgan fingerprint density at radius 2 is 2.12 bits per heavy atom. The summed E-state index contributed by atoms with van der Waals surface area (Å²) >= 11 is 0. The van der Waals surface area contributed by atoms with Crippen molar-refractivity contribution >= 4 is 17.4 Å². The molecular weight excluding hydrogens is 338 g/mol. The summed E-state index contributed by atoms with van der Waals surface area (Å²) in [4.78, 5) is 25.0. The number of nitro groups is 1. The van der Waals surface area contributed by atoms with E-state index in [9.17, 15) is 14.9 Å². The second-order valence-corrected chi connectivity index (χ2v) is 6.20. The van der Waals surface area contributed by atoms with E-state index >= 15 is 0 Å². The van der Waals surface area contributed by atoms with E-state index in [0.717, 1.165) is 43.1 Å². The molecule has 1 saturated heterocycles. The van der Waals surface area contributed by atoms with Gasteiger partial charge in [0.25, 0.3) is 5.91 Å². The van der Waals surface area contributed by atoms with Crippen LogP contribution in [-0.2, 0) is 22.6 Å². The first-order valence-electron chi connectivity index (χ1n) is 8.39. The van der Waals surface area contributed by atoms with Crippen molar-refractivity contribution in [3.63, 3.8) is 0 Å². The van der Waals surface area contributed by atoms with Gasteiger partial charge in [-0.05, 0) is 29.5 Å². The van der Waals surface area contributed by atoms with Gasteiger partial charge < -0.3 is 20.2 Å². The predicted molar refractivity (Wildman–Crippen MR) is 94.8 cm³/mol. The van der Waals surface area contributed by atoms with Crippen LogP contribution in [-0.4, -0.2) is 51.8 Å². The highest BCUT2D eigenvalue weighted by atomic mass is 16.6. The molecule has 1 aromatic heterocycles. The molecule has 9 heteroatoms. The Labute approximate surface area is 150 Å². The van der Waals surface area contributed by atoms with Gasteiger partial charge in [-0.2, -0.15) is 0 Å². The van der Waals surface area contributed by atoms with E-state index in [1.807, 2.05) is 18.2 Å². The van der Waals surface area contributed by atoms with Crippen LogP contribution in [0.15, 0.2) is 30.3 Å². The van der Waals surface area contributed by atoms with Gasteiger partial charge in [0, 0.05) is 25.3 Å². The number of nitrogens with one attached hydrogen (secondary N) is 1. The van der Waals surface area contributed by atoms with Gasteiger partial charge >= 0.3 is 5.82 Å². The lowest BCUT2D eigenvalue weighted by atomic mass is 10.2. The summed E-state index contributed by atoms with van der Waals surface area (Å²) in [6.07, 6.45) is 0. The van der Waals surface area contributed by atoms with E-state index in [1.165, 1.54) is 6.07 Å². The topological polar surface area (TPSA) is 103 Å². The summed E-state index contributed by atoms with van der Waals surface area (Å²) in [5.41, 5.74) is 2.25. The molecule has 2 aromatic rings. The summed E-state index contributed by atoms with van der Waals surface area (Å²) in [5.74, 6) is -0.557. The van der Waals surface area contributed by atoms with Gasteiger partial charge in [-0.25, -0.2) is 0 Å². The first-order valence-corrected chi connectivity index (χ1v) is 8.39. The van der Waals surface area contributed by atoms with Crippen LogP contribution in [0.4, 0.5) is 11.5 Å². The lowest BCUT2D eigenvalue weighted by Crippen LogP contribution is -2.35. The number of ether oxygens (including phenoxy) is 1. The Hall–Kier alpha value is -2.78. The Morgan fingerprint density at radius 3 is 2.85 bits per heavy atom. The van der Waals surface area contributed by atoms with E-state index in [2.05, 4.69) is 15.3 Å². The molecule has 26 heavy (non-hydrogen) atoms. The fraction of sp³-hybridized carbons (Fsp3) is 0.412. The summed E-state index contributed by atoms with van der Waals surface area (Å²) in [6, 6.07) is 8.94. The number of amides is 1. The normalized spacial score (nSPS) is 15.0. The summed E-state index contributed by atoms with van der Waals surface area (Å²) in [5, 5.41) is 17.8. The van der Waals surface area contributed by atoms with E-state index < -0.39 is 4.92 Å². The number of benzene rings is 1. The van der Waals surface area contributed by atoms with E-state index in [0.29, 0.717) is 11.4 Å². The molecule has 1 amide bonds. The van der Waals surface area contributed by atoms with Gasteiger partial charge in [0.1, 0.15) is 0 Å². The molecule has 138 valence electrons. The van der Waals surface area contributed by atoms with Crippen molar-refractivity contribution in [1.29, 1.82) is 0 Å². The smallest absolute Gasteiger partial charge is 0.345 e. The third-order valence-corrected chi connectivity index (χ3v) is 4.08. The van der Waals surface area contributed by atoms with E-state index in [-0.39, 0.29) is 18.3 Å². The Balaban J connectivity index is 1.62. The van der Waals surface area contributed by atoms with Crippen molar-refractivity contribution in [2.24, 2.45) is 0 Å². The molecular formula is C17H21N5O4. The number of nitrogens with zero attached hydrogens (tertiary/aromatic N) is 4. The zero-order valence-electron chi connectivity index (χ0n) is 14.6. The van der Waals surface area contributed by atoms with Gasteiger partial charge in [-0.15, -0.1) is 4.68 Å². The van der Waals surface area contributed by atoms with Crippen LogP contribution in [0, 0.1) is 17.0 Å². The fourth-order valence-corrected chi connectivity index (χ4v) is 2.90. The minimum Gasteiger partial charge on any atom is -0.379 e. The number of morpholine rings is 1. The number of carbonyl (C=O) groups is 1. The number of hydrogen-bond acceptors (Lipinski definition) is 6. The Morgan fingerprint density at radius 1 is 1.35 bits per heavy atom. The minimum atomic E-state index is -0.545. The SMILES string of the molecule is Cc1cc([N+](=O)[O-])n(CC(=O)Nc2cccc(CN3CCOCC3)c2)n1. The van der Waals surface area contributed by atoms with E-state index in [4.69, 9.17) is 4.74 Å². The highest BCUT2D eigenvalue weighted by Crippen LogP contribution is 2.15. The average molecular weight is 359 g/mol. The summed E-state index contributed by atoms with van der Waals surface area (Å²) in [7, 11) is 0. The van der Waals surface area contributed by atoms with Gasteiger partial charge in [-0.3, -0.25) is 9.69 Å². The Bertz CT molecular complexity index is 798. The zero-order chi connectivity index (χ0) is 18.5. The quantitative estimate of drug-likeness (QED) is 0.620. The molecule has 0 spiro atoms. The van der Waals surface area contributed by atoms with Crippen LogP contribution in [0.25, 0.3) is 0 Å². The number of anilines is 1. The van der Waals surface area contributed by atoms with Crippen molar-refractivity contribution in [3.8, 4) is 0 Å². The predicted octanol–water partition coefficient (Wildman–Crippen LogP) is 1.57. The molecule has 1 aliphatic rings. The maximum atomic E-state index is 12.2. The van der Waals surface area contributed by atoms with Crippen molar-refractivity contribution < 1.29 is 14.5 Å². The standard InChI is InChI=1S/C17H21N5O4/c1-13-9-17(22(24)25)21(19-13)12-16(23)18-15-4-2-3-14(10-15)11-20-5-7-26-8-6-20/h2-4,9-10H,5-8,11-12H2,1H3,(H,18,23). The lowest BCUT2D eigenvalue weighted by Gasteiger charge is -2.26. The van der Waals surface area contributed by atoms with Crippen LogP contribution in [0.3, 0.4) is 0 Å². The minimum absolute atomic E-state index is 0.196. The van der Waals surface area contributed by atoms with E-state index in [1.54, 1.807) is 13.0 Å². The third-order valence-electron chi connectivity index (χ3n) is 4.08. The van der Waals surface area contributed by atoms with Crippen molar-refractivity contribution in [2.75, 3.05) is 31.6 Å². The number of aromatic nitrogens is 2. The molecule has 1 aliphatic heterocycles. The number of hydrogen-bond donors (Lipinski definition) is 1. The average Bonchev–Trinajstić information content (AvgIpc) is 2.96. The number of aryl methyl sites for hydroxylation is 1. The van der Waals surface area contributed by atoms with Crippen molar-refractivity contribution in [3.05, 3.63) is 51.7 Å². The summed E-state index contributed by atoms with van der Waals surface area (Å²) < 4.78 is 6.44. The zero-order valence-corrected chi connectivity index (χ0v) is 14.6. The van der Waals surface area contributed by atoms with Crippen molar-refractivity contribution in [1.82, 2.24) is 14.7 Å². The molecule has 0 aliphatic carbocycles. The molecule has 1 aromatic carbocycles. The number of rotatable bonds is 6. The molecule has 9 nitrogen and oxygen atoms in total. The van der Waals surface area contributed by atoms with Crippen LogP contribution in [0.2, 0.25) is 0 Å². The monoisotopic (exact) mass is 359 g/mol. The van der Waals surface area contributed by atoms with Gasteiger partial charge in [0.15, 0.2) is 6.54 Å². The largest absolute Gasteiger partial charge is 0.379 e. The first kappa shape index (κ1) is 18.0. The first-order chi connectivity index (χ1) is 12.5. The molecule has 2 heterocycles. The third kappa shape index (κ3) is 4.64.